The fourth-order valence-electron chi connectivity index (χ4n) is 3.25. The molecule has 3 aromatic rings. The summed E-state index contributed by atoms with van der Waals surface area (Å²) < 4.78 is 16.2. The molecule has 152 valence electrons. The molecule has 1 heterocycles. The third-order valence-corrected chi connectivity index (χ3v) is 4.66. The molecule has 0 unspecified atom stereocenters. The first-order valence-corrected chi connectivity index (χ1v) is 8.89. The molecule has 0 atom stereocenters. The maximum Gasteiger partial charge on any atom is 0.272 e. The second kappa shape index (κ2) is 8.14. The summed E-state index contributed by atoms with van der Waals surface area (Å²) in [7, 11) is 6.13. The predicted octanol–water partition coefficient (Wildman–Crippen LogP) is 3.11. The molecule has 0 aliphatic rings. The molecule has 8 nitrogen and oxygen atoms in total. The normalized spacial score (nSPS) is 10.5. The molecule has 0 radical (unpaired) electrons. The maximum atomic E-state index is 12.9. The number of anilines is 1. The molecule has 3 rings (SSSR count). The van der Waals surface area contributed by atoms with Gasteiger partial charge in [0.15, 0.2) is 11.5 Å². The topological polar surface area (TPSA) is 102 Å². The number of carbonyl (C=O) groups is 2. The molecule has 0 aliphatic heterocycles. The molecule has 0 bridgehead atoms. The summed E-state index contributed by atoms with van der Waals surface area (Å²) in [6.45, 7) is 1.81. The average Bonchev–Trinajstić information content (AvgIpc) is 3.17. The Morgan fingerprint density at radius 3 is 2.31 bits per heavy atom. The first-order chi connectivity index (χ1) is 13.9. The SMILES string of the molecule is CNC(=O)c1c(C)cccc1NC(=O)c1cc2c(OC)cc(OC)c(OC)c2[nH]1. The Morgan fingerprint density at radius 1 is 0.966 bits per heavy atom. The van der Waals surface area contributed by atoms with Crippen LogP contribution in [0.2, 0.25) is 0 Å². The van der Waals surface area contributed by atoms with E-state index in [1.807, 2.05) is 13.0 Å². The van der Waals surface area contributed by atoms with Gasteiger partial charge in [-0.2, -0.15) is 0 Å². The van der Waals surface area contributed by atoms with E-state index in [2.05, 4.69) is 15.6 Å². The van der Waals surface area contributed by atoms with Crippen molar-refractivity contribution in [3.8, 4) is 17.2 Å². The Hall–Kier alpha value is -3.68. The van der Waals surface area contributed by atoms with Crippen LogP contribution in [0.15, 0.2) is 30.3 Å². The minimum Gasteiger partial charge on any atom is -0.496 e. The smallest absolute Gasteiger partial charge is 0.272 e. The van der Waals surface area contributed by atoms with Crippen LogP contribution in [0.5, 0.6) is 17.2 Å². The summed E-state index contributed by atoms with van der Waals surface area (Å²) in [5.74, 6) is 0.799. The third-order valence-electron chi connectivity index (χ3n) is 4.66. The first kappa shape index (κ1) is 20.1. The van der Waals surface area contributed by atoms with Crippen molar-refractivity contribution in [2.45, 2.75) is 6.92 Å². The van der Waals surface area contributed by atoms with Gasteiger partial charge in [-0.1, -0.05) is 12.1 Å². The van der Waals surface area contributed by atoms with Gasteiger partial charge >= 0.3 is 0 Å². The average molecular weight is 397 g/mol. The van der Waals surface area contributed by atoms with Gasteiger partial charge in [0.1, 0.15) is 11.4 Å². The van der Waals surface area contributed by atoms with Gasteiger partial charge in [-0.05, 0) is 24.6 Å². The van der Waals surface area contributed by atoms with Crippen molar-refractivity contribution < 1.29 is 23.8 Å². The second-order valence-electron chi connectivity index (χ2n) is 6.32. The molecule has 3 N–H and O–H groups in total. The molecule has 0 fully saturated rings. The van der Waals surface area contributed by atoms with Gasteiger partial charge in [0.2, 0.25) is 0 Å². The highest BCUT2D eigenvalue weighted by atomic mass is 16.5. The molecule has 1 aromatic heterocycles. The van der Waals surface area contributed by atoms with Crippen LogP contribution in [-0.2, 0) is 0 Å². The van der Waals surface area contributed by atoms with Crippen molar-refractivity contribution >= 4 is 28.4 Å². The van der Waals surface area contributed by atoms with Crippen molar-refractivity contribution in [3.63, 3.8) is 0 Å². The molecule has 0 saturated heterocycles. The lowest BCUT2D eigenvalue weighted by molar-refractivity contribution is 0.0963. The van der Waals surface area contributed by atoms with Crippen LogP contribution in [0.1, 0.15) is 26.4 Å². The van der Waals surface area contributed by atoms with Gasteiger partial charge in [-0.25, -0.2) is 0 Å². The number of hydrogen-bond acceptors (Lipinski definition) is 5. The van der Waals surface area contributed by atoms with Crippen molar-refractivity contribution in [2.24, 2.45) is 0 Å². The van der Waals surface area contributed by atoms with Crippen LogP contribution in [0.25, 0.3) is 10.9 Å². The lowest BCUT2D eigenvalue weighted by Gasteiger charge is -2.12. The number of amides is 2. The molecule has 2 amide bonds. The number of carbonyl (C=O) groups excluding carboxylic acids is 2. The number of aromatic nitrogens is 1. The van der Waals surface area contributed by atoms with Crippen molar-refractivity contribution in [3.05, 3.63) is 47.2 Å². The van der Waals surface area contributed by atoms with E-state index in [1.165, 1.54) is 21.3 Å². The van der Waals surface area contributed by atoms with Crippen molar-refractivity contribution in [1.29, 1.82) is 0 Å². The molecule has 2 aromatic carbocycles. The van der Waals surface area contributed by atoms with Crippen LogP contribution in [-0.4, -0.2) is 45.2 Å². The lowest BCUT2D eigenvalue weighted by Crippen LogP contribution is -2.22. The zero-order chi connectivity index (χ0) is 21.1. The zero-order valence-electron chi connectivity index (χ0n) is 16.9. The number of rotatable bonds is 6. The van der Waals surface area contributed by atoms with Crippen LogP contribution < -0.4 is 24.8 Å². The van der Waals surface area contributed by atoms with Gasteiger partial charge in [0.25, 0.3) is 11.8 Å². The van der Waals surface area contributed by atoms with Gasteiger partial charge in [-0.15, -0.1) is 0 Å². The molecule has 29 heavy (non-hydrogen) atoms. The number of methoxy groups -OCH3 is 3. The molecule has 0 saturated carbocycles. The van der Waals surface area contributed by atoms with Crippen LogP contribution >= 0.6 is 0 Å². The summed E-state index contributed by atoms with van der Waals surface area (Å²) in [5, 5.41) is 6.07. The molecular weight excluding hydrogens is 374 g/mol. The van der Waals surface area contributed by atoms with E-state index in [-0.39, 0.29) is 11.6 Å². The Morgan fingerprint density at radius 2 is 1.69 bits per heavy atom. The van der Waals surface area contributed by atoms with E-state index >= 15 is 0 Å². The number of H-pyrrole nitrogens is 1. The molecular formula is C21H23N3O5. The van der Waals surface area contributed by atoms with E-state index in [4.69, 9.17) is 14.2 Å². The summed E-state index contributed by atoms with van der Waals surface area (Å²) >= 11 is 0. The quantitative estimate of drug-likeness (QED) is 0.593. The molecule has 8 heteroatoms. The van der Waals surface area contributed by atoms with Gasteiger partial charge in [0, 0.05) is 18.5 Å². The highest BCUT2D eigenvalue weighted by molar-refractivity contribution is 6.11. The number of aromatic amines is 1. The standard InChI is InChI=1S/C21H23N3O5/c1-11-7-6-8-13(17(11)21(26)22-2)24-20(25)14-9-12-15(27-3)10-16(28-4)19(29-5)18(12)23-14/h6-10,23H,1-5H3,(H,22,26)(H,24,25). The first-order valence-electron chi connectivity index (χ1n) is 8.89. The number of ether oxygens (including phenoxy) is 3. The highest BCUT2D eigenvalue weighted by Crippen LogP contribution is 2.41. The van der Waals surface area contributed by atoms with E-state index in [9.17, 15) is 9.59 Å². The van der Waals surface area contributed by atoms with Crippen LogP contribution in [0.3, 0.4) is 0 Å². The number of hydrogen-bond donors (Lipinski definition) is 3. The largest absolute Gasteiger partial charge is 0.496 e. The van der Waals surface area contributed by atoms with Crippen LogP contribution in [0.4, 0.5) is 5.69 Å². The van der Waals surface area contributed by atoms with E-state index in [0.29, 0.717) is 39.4 Å². The Balaban J connectivity index is 2.05. The minimum atomic E-state index is -0.403. The minimum absolute atomic E-state index is 0.275. The van der Waals surface area contributed by atoms with Crippen molar-refractivity contribution in [1.82, 2.24) is 10.3 Å². The van der Waals surface area contributed by atoms with E-state index in [0.717, 1.165) is 5.56 Å². The number of nitrogens with one attached hydrogen (secondary N) is 3. The lowest BCUT2D eigenvalue weighted by atomic mass is 10.1. The predicted molar refractivity (Wildman–Crippen MR) is 110 cm³/mol. The number of fused-ring (bicyclic) bond motifs is 1. The second-order valence-corrected chi connectivity index (χ2v) is 6.32. The fourth-order valence-corrected chi connectivity index (χ4v) is 3.25. The van der Waals surface area contributed by atoms with Gasteiger partial charge in [0.05, 0.1) is 38.1 Å². The summed E-state index contributed by atoms with van der Waals surface area (Å²) in [6, 6.07) is 8.63. The summed E-state index contributed by atoms with van der Waals surface area (Å²) in [4.78, 5) is 28.2. The van der Waals surface area contributed by atoms with Gasteiger partial charge in [-0.3, -0.25) is 9.59 Å². The van der Waals surface area contributed by atoms with E-state index < -0.39 is 5.91 Å². The third kappa shape index (κ3) is 3.56. The van der Waals surface area contributed by atoms with E-state index in [1.54, 1.807) is 31.3 Å². The Kier molecular flexibility index (Phi) is 5.63. The Labute approximate surface area is 168 Å². The molecule has 0 spiro atoms. The number of benzene rings is 2. The zero-order valence-corrected chi connectivity index (χ0v) is 16.9. The molecule has 0 aliphatic carbocycles. The van der Waals surface area contributed by atoms with Gasteiger partial charge < -0.3 is 29.8 Å². The number of aryl methyl sites for hydroxylation is 1. The highest BCUT2D eigenvalue weighted by Gasteiger charge is 2.21. The Bertz CT molecular complexity index is 1090. The fraction of sp³-hybridized carbons (Fsp3) is 0.238. The monoisotopic (exact) mass is 397 g/mol. The maximum absolute atomic E-state index is 12.9. The summed E-state index contributed by atoms with van der Waals surface area (Å²) in [5.41, 5.74) is 2.45. The van der Waals surface area contributed by atoms with Crippen LogP contribution in [0, 0.1) is 6.92 Å². The van der Waals surface area contributed by atoms with Crippen molar-refractivity contribution in [2.75, 3.05) is 33.7 Å². The summed E-state index contributed by atoms with van der Waals surface area (Å²) in [6.07, 6.45) is 0.